The maximum atomic E-state index is 12.2. The maximum Gasteiger partial charge on any atom is 0.271 e. The maximum absolute atomic E-state index is 12.2. The van der Waals surface area contributed by atoms with Gasteiger partial charge in [0.05, 0.1) is 12.4 Å². The number of nitrogens with one attached hydrogen (secondary N) is 2. The molecule has 0 radical (unpaired) electrons. The molecule has 1 atom stereocenters. The second-order valence-electron chi connectivity index (χ2n) is 5.60. The van der Waals surface area contributed by atoms with Crippen LogP contribution in [0.5, 0.6) is 0 Å². The summed E-state index contributed by atoms with van der Waals surface area (Å²) in [7, 11) is 5.75. The Morgan fingerprint density at radius 2 is 2.05 bits per heavy atom. The van der Waals surface area contributed by atoms with E-state index in [1.54, 1.807) is 13.2 Å². The van der Waals surface area contributed by atoms with Crippen molar-refractivity contribution in [1.82, 2.24) is 20.2 Å². The van der Waals surface area contributed by atoms with Gasteiger partial charge in [-0.05, 0) is 26.4 Å². The van der Waals surface area contributed by atoms with Gasteiger partial charge in [0.2, 0.25) is 0 Å². The van der Waals surface area contributed by atoms with E-state index in [4.69, 9.17) is 0 Å². The van der Waals surface area contributed by atoms with Crippen LogP contribution in [-0.2, 0) is 0 Å². The SMILES string of the molecule is CNc1cncc(C(=O)NC(CC(C)C)CN(C)C)n1. The summed E-state index contributed by atoms with van der Waals surface area (Å²) < 4.78 is 0. The zero-order valence-electron chi connectivity index (χ0n) is 13.0. The predicted molar refractivity (Wildman–Crippen MR) is 80.8 cm³/mol. The highest BCUT2D eigenvalue weighted by atomic mass is 16.2. The molecule has 1 heterocycles. The van der Waals surface area contributed by atoms with Crippen molar-refractivity contribution in [3.63, 3.8) is 0 Å². The molecule has 0 aliphatic heterocycles. The van der Waals surface area contributed by atoms with Crippen molar-refractivity contribution in [2.75, 3.05) is 33.0 Å². The lowest BCUT2D eigenvalue weighted by Crippen LogP contribution is -2.42. The molecular weight excluding hydrogens is 254 g/mol. The molecular formula is C14H25N5O. The molecule has 0 aliphatic rings. The Morgan fingerprint density at radius 3 is 2.60 bits per heavy atom. The highest BCUT2D eigenvalue weighted by Crippen LogP contribution is 2.07. The summed E-state index contributed by atoms with van der Waals surface area (Å²) in [6.07, 6.45) is 4.00. The van der Waals surface area contributed by atoms with E-state index in [0.29, 0.717) is 17.4 Å². The first-order valence-electron chi connectivity index (χ1n) is 6.87. The van der Waals surface area contributed by atoms with Crippen LogP contribution in [0.3, 0.4) is 0 Å². The molecule has 0 aromatic carbocycles. The summed E-state index contributed by atoms with van der Waals surface area (Å²) in [5, 5.41) is 5.91. The number of amides is 1. The Bertz CT molecular complexity index is 423. The molecule has 1 amide bonds. The van der Waals surface area contributed by atoms with E-state index in [1.165, 1.54) is 6.20 Å². The number of hydrogen-bond acceptors (Lipinski definition) is 5. The van der Waals surface area contributed by atoms with Crippen molar-refractivity contribution in [3.05, 3.63) is 18.1 Å². The first kappa shape index (κ1) is 16.4. The van der Waals surface area contributed by atoms with Gasteiger partial charge in [0.25, 0.3) is 5.91 Å². The van der Waals surface area contributed by atoms with Gasteiger partial charge in [-0.2, -0.15) is 0 Å². The zero-order valence-corrected chi connectivity index (χ0v) is 13.0. The van der Waals surface area contributed by atoms with Crippen LogP contribution >= 0.6 is 0 Å². The summed E-state index contributed by atoms with van der Waals surface area (Å²) in [6, 6.07) is 0.109. The van der Waals surface area contributed by atoms with Crippen molar-refractivity contribution >= 4 is 11.7 Å². The fourth-order valence-corrected chi connectivity index (χ4v) is 2.04. The second-order valence-corrected chi connectivity index (χ2v) is 5.60. The third kappa shape index (κ3) is 5.52. The van der Waals surface area contributed by atoms with Gasteiger partial charge in [0.15, 0.2) is 0 Å². The van der Waals surface area contributed by atoms with Crippen LogP contribution in [0.1, 0.15) is 30.8 Å². The third-order valence-electron chi connectivity index (χ3n) is 2.80. The van der Waals surface area contributed by atoms with E-state index in [1.807, 2.05) is 14.1 Å². The number of aromatic nitrogens is 2. The molecule has 6 nitrogen and oxygen atoms in total. The fraction of sp³-hybridized carbons (Fsp3) is 0.643. The van der Waals surface area contributed by atoms with Crippen LogP contribution in [0.2, 0.25) is 0 Å². The van der Waals surface area contributed by atoms with Gasteiger partial charge < -0.3 is 15.5 Å². The minimum Gasteiger partial charge on any atom is -0.372 e. The lowest BCUT2D eigenvalue weighted by molar-refractivity contribution is 0.0919. The topological polar surface area (TPSA) is 70.2 Å². The Hall–Kier alpha value is -1.69. The molecule has 20 heavy (non-hydrogen) atoms. The molecule has 2 N–H and O–H groups in total. The minimum absolute atomic E-state index is 0.109. The first-order valence-corrected chi connectivity index (χ1v) is 6.87. The average Bonchev–Trinajstić information content (AvgIpc) is 2.37. The van der Waals surface area contributed by atoms with Crippen LogP contribution in [0.15, 0.2) is 12.4 Å². The molecule has 0 fully saturated rings. The van der Waals surface area contributed by atoms with Crippen LogP contribution in [0.4, 0.5) is 5.82 Å². The number of carbonyl (C=O) groups is 1. The monoisotopic (exact) mass is 279 g/mol. The van der Waals surface area contributed by atoms with Gasteiger partial charge in [-0.1, -0.05) is 13.8 Å². The number of carbonyl (C=O) groups excluding carboxylic acids is 1. The van der Waals surface area contributed by atoms with Gasteiger partial charge in [-0.25, -0.2) is 4.98 Å². The third-order valence-corrected chi connectivity index (χ3v) is 2.80. The van der Waals surface area contributed by atoms with Crippen LogP contribution in [0.25, 0.3) is 0 Å². The van der Waals surface area contributed by atoms with Crippen molar-refractivity contribution in [3.8, 4) is 0 Å². The number of nitrogens with zero attached hydrogens (tertiary/aromatic N) is 3. The number of hydrogen-bond donors (Lipinski definition) is 2. The predicted octanol–water partition coefficient (Wildman–Crippen LogP) is 1.22. The molecule has 0 saturated heterocycles. The van der Waals surface area contributed by atoms with Crippen LogP contribution in [-0.4, -0.2) is 54.5 Å². The van der Waals surface area contributed by atoms with E-state index < -0.39 is 0 Å². The smallest absolute Gasteiger partial charge is 0.271 e. The summed E-state index contributed by atoms with van der Waals surface area (Å²) in [4.78, 5) is 22.5. The van der Waals surface area contributed by atoms with Crippen LogP contribution < -0.4 is 10.6 Å². The van der Waals surface area contributed by atoms with Gasteiger partial charge >= 0.3 is 0 Å². The fourth-order valence-electron chi connectivity index (χ4n) is 2.04. The second kappa shape index (κ2) is 7.79. The molecule has 1 rings (SSSR count). The van der Waals surface area contributed by atoms with Crippen molar-refractivity contribution < 1.29 is 4.79 Å². The van der Waals surface area contributed by atoms with E-state index in [9.17, 15) is 4.79 Å². The van der Waals surface area contributed by atoms with Crippen molar-refractivity contribution in [2.24, 2.45) is 5.92 Å². The Balaban J connectivity index is 2.73. The molecule has 112 valence electrons. The molecule has 1 aromatic heterocycles. The summed E-state index contributed by atoms with van der Waals surface area (Å²) >= 11 is 0. The first-order chi connectivity index (χ1) is 9.42. The molecule has 0 spiro atoms. The van der Waals surface area contributed by atoms with Crippen molar-refractivity contribution in [1.29, 1.82) is 0 Å². The molecule has 0 bridgehead atoms. The number of rotatable bonds is 7. The van der Waals surface area contributed by atoms with Crippen molar-refractivity contribution in [2.45, 2.75) is 26.3 Å². The summed E-state index contributed by atoms with van der Waals surface area (Å²) in [5.74, 6) is 0.933. The van der Waals surface area contributed by atoms with Crippen LogP contribution in [0, 0.1) is 5.92 Å². The van der Waals surface area contributed by atoms with E-state index in [-0.39, 0.29) is 11.9 Å². The van der Waals surface area contributed by atoms with E-state index in [0.717, 1.165) is 13.0 Å². The molecule has 1 unspecified atom stereocenters. The van der Waals surface area contributed by atoms with E-state index >= 15 is 0 Å². The minimum atomic E-state index is -0.179. The van der Waals surface area contributed by atoms with E-state index in [2.05, 4.69) is 39.3 Å². The standard InChI is InChI=1S/C14H25N5O/c1-10(2)6-11(9-19(4)5)17-14(20)12-7-16-8-13(15-3)18-12/h7-8,10-11H,6,9H2,1-5H3,(H,15,18)(H,17,20). The highest BCUT2D eigenvalue weighted by Gasteiger charge is 2.17. The normalized spacial score (nSPS) is 12.6. The highest BCUT2D eigenvalue weighted by molar-refractivity contribution is 5.92. The largest absolute Gasteiger partial charge is 0.372 e. The van der Waals surface area contributed by atoms with Gasteiger partial charge in [0, 0.05) is 19.6 Å². The molecule has 0 saturated carbocycles. The summed E-state index contributed by atoms with van der Waals surface area (Å²) in [6.45, 7) is 5.11. The Labute approximate surface area is 121 Å². The van der Waals surface area contributed by atoms with Gasteiger partial charge in [-0.15, -0.1) is 0 Å². The average molecular weight is 279 g/mol. The molecule has 0 aliphatic carbocycles. The molecule has 1 aromatic rings. The number of anilines is 1. The quantitative estimate of drug-likeness (QED) is 0.785. The van der Waals surface area contributed by atoms with Gasteiger partial charge in [-0.3, -0.25) is 9.78 Å². The van der Waals surface area contributed by atoms with Gasteiger partial charge in [0.1, 0.15) is 11.5 Å². The zero-order chi connectivity index (χ0) is 15.1. The Kier molecular flexibility index (Phi) is 6.38. The lowest BCUT2D eigenvalue weighted by atomic mass is 10.0. The summed E-state index contributed by atoms with van der Waals surface area (Å²) in [5.41, 5.74) is 0.337. The molecule has 6 heteroatoms. The Morgan fingerprint density at radius 1 is 1.35 bits per heavy atom. The lowest BCUT2D eigenvalue weighted by Gasteiger charge is -2.23. The number of likely N-dealkylation sites (N-methyl/N-ethyl adjacent to an activating group) is 1.